The molecule has 3 heteroatoms. The molecule has 6 aromatic carbocycles. The van der Waals surface area contributed by atoms with Gasteiger partial charge in [0.2, 0.25) is 0 Å². The molecule has 0 N–H and O–H groups in total. The van der Waals surface area contributed by atoms with Gasteiger partial charge in [-0.05, 0) is 56.3 Å². The van der Waals surface area contributed by atoms with Crippen molar-refractivity contribution in [3.8, 4) is 56.4 Å². The normalized spacial score (nSPS) is 13.1. The average molecular weight is 552 g/mol. The third-order valence-electron chi connectivity index (χ3n) is 8.68. The Labute approximate surface area is 251 Å². The second kappa shape index (κ2) is 9.85. The van der Waals surface area contributed by atoms with E-state index in [1.165, 1.54) is 38.6 Å². The summed E-state index contributed by atoms with van der Waals surface area (Å²) in [6, 6.07) is 48.9. The van der Waals surface area contributed by atoms with Crippen LogP contribution in [-0.2, 0) is 5.41 Å². The molecule has 1 heterocycles. The van der Waals surface area contributed by atoms with Gasteiger partial charge in [0.15, 0.2) is 17.5 Å². The summed E-state index contributed by atoms with van der Waals surface area (Å²) in [5, 5.41) is 2.57. The lowest BCUT2D eigenvalue weighted by Crippen LogP contribution is -2.15. The summed E-state index contributed by atoms with van der Waals surface area (Å²) in [6.07, 6.45) is 0. The van der Waals surface area contributed by atoms with E-state index in [-0.39, 0.29) is 5.41 Å². The number of benzene rings is 6. The van der Waals surface area contributed by atoms with Crippen molar-refractivity contribution < 1.29 is 0 Å². The van der Waals surface area contributed by atoms with Gasteiger partial charge in [0.25, 0.3) is 0 Å². The number of fused-ring (bicyclic) bond motifs is 5. The monoisotopic (exact) mass is 551 g/mol. The van der Waals surface area contributed by atoms with Gasteiger partial charge in [-0.1, -0.05) is 141 Å². The Morgan fingerprint density at radius 3 is 1.67 bits per heavy atom. The Morgan fingerprint density at radius 1 is 0.442 bits per heavy atom. The molecule has 0 aliphatic heterocycles. The fourth-order valence-corrected chi connectivity index (χ4v) is 6.65. The van der Waals surface area contributed by atoms with Gasteiger partial charge >= 0.3 is 0 Å². The Kier molecular flexibility index (Phi) is 5.80. The highest BCUT2D eigenvalue weighted by molar-refractivity contribution is 6.04. The highest BCUT2D eigenvalue weighted by Gasteiger charge is 2.38. The molecular weight excluding hydrogens is 522 g/mol. The summed E-state index contributed by atoms with van der Waals surface area (Å²) >= 11 is 0. The van der Waals surface area contributed by atoms with Gasteiger partial charge in [-0.3, -0.25) is 0 Å². The van der Waals surface area contributed by atoms with Gasteiger partial charge in [-0.2, -0.15) is 0 Å². The van der Waals surface area contributed by atoms with E-state index in [2.05, 4.69) is 92.7 Å². The third-order valence-corrected chi connectivity index (χ3v) is 8.68. The van der Waals surface area contributed by atoms with Crippen LogP contribution in [-0.4, -0.2) is 15.0 Å². The van der Waals surface area contributed by atoms with Crippen LogP contribution in [0.2, 0.25) is 0 Å². The van der Waals surface area contributed by atoms with Gasteiger partial charge in [0.05, 0.1) is 0 Å². The van der Waals surface area contributed by atoms with E-state index in [0.29, 0.717) is 17.5 Å². The fourth-order valence-electron chi connectivity index (χ4n) is 6.65. The Morgan fingerprint density at radius 2 is 0.977 bits per heavy atom. The smallest absolute Gasteiger partial charge is 0.164 e. The van der Waals surface area contributed by atoms with Gasteiger partial charge in [-0.15, -0.1) is 0 Å². The van der Waals surface area contributed by atoms with E-state index in [0.717, 1.165) is 22.3 Å². The molecule has 0 bridgehead atoms. The summed E-state index contributed by atoms with van der Waals surface area (Å²) < 4.78 is 0. The first-order valence-corrected chi connectivity index (χ1v) is 14.7. The van der Waals surface area contributed by atoms with Crippen molar-refractivity contribution in [3.63, 3.8) is 0 Å². The van der Waals surface area contributed by atoms with Crippen LogP contribution in [0, 0.1) is 0 Å². The molecular formula is C40H29N3. The zero-order valence-electron chi connectivity index (χ0n) is 24.1. The highest BCUT2D eigenvalue weighted by atomic mass is 15.0. The first-order valence-electron chi connectivity index (χ1n) is 14.7. The van der Waals surface area contributed by atoms with Crippen molar-refractivity contribution in [2.45, 2.75) is 19.3 Å². The van der Waals surface area contributed by atoms with Crippen LogP contribution in [0.1, 0.15) is 25.0 Å². The van der Waals surface area contributed by atoms with Crippen molar-refractivity contribution in [1.82, 2.24) is 15.0 Å². The maximum atomic E-state index is 4.99. The predicted molar refractivity (Wildman–Crippen MR) is 177 cm³/mol. The molecule has 1 aromatic heterocycles. The van der Waals surface area contributed by atoms with E-state index in [9.17, 15) is 0 Å². The van der Waals surface area contributed by atoms with Crippen molar-refractivity contribution in [2.75, 3.05) is 0 Å². The number of nitrogens with zero attached hydrogens (tertiary/aromatic N) is 3. The lowest BCUT2D eigenvalue weighted by atomic mass is 9.79. The Balaban J connectivity index is 1.35. The van der Waals surface area contributed by atoms with Crippen LogP contribution >= 0.6 is 0 Å². The van der Waals surface area contributed by atoms with Gasteiger partial charge in [0.1, 0.15) is 0 Å². The topological polar surface area (TPSA) is 38.7 Å². The average Bonchev–Trinajstić information content (AvgIpc) is 3.32. The van der Waals surface area contributed by atoms with Crippen molar-refractivity contribution >= 4 is 10.8 Å². The molecule has 0 saturated carbocycles. The first-order chi connectivity index (χ1) is 21.1. The van der Waals surface area contributed by atoms with Crippen molar-refractivity contribution in [3.05, 3.63) is 151 Å². The van der Waals surface area contributed by atoms with Crippen LogP contribution in [0.4, 0.5) is 0 Å². The first kappa shape index (κ1) is 25.3. The summed E-state index contributed by atoms with van der Waals surface area (Å²) in [4.78, 5) is 14.9. The maximum absolute atomic E-state index is 4.99. The van der Waals surface area contributed by atoms with Crippen LogP contribution in [0.3, 0.4) is 0 Å². The second-order valence-electron chi connectivity index (χ2n) is 11.7. The molecule has 0 unspecified atom stereocenters. The number of rotatable bonds is 4. The molecule has 7 aromatic rings. The van der Waals surface area contributed by atoms with Gasteiger partial charge in [-0.25, -0.2) is 15.0 Å². The zero-order valence-corrected chi connectivity index (χ0v) is 24.1. The lowest BCUT2D eigenvalue weighted by Gasteiger charge is -2.24. The highest BCUT2D eigenvalue weighted by Crippen LogP contribution is 2.54. The number of aromatic nitrogens is 3. The quantitative estimate of drug-likeness (QED) is 0.218. The van der Waals surface area contributed by atoms with Gasteiger partial charge < -0.3 is 0 Å². The van der Waals surface area contributed by atoms with E-state index in [1.54, 1.807) is 0 Å². The molecule has 204 valence electrons. The molecule has 0 amide bonds. The summed E-state index contributed by atoms with van der Waals surface area (Å²) in [5.74, 6) is 1.99. The Hall–Kier alpha value is -5.41. The largest absolute Gasteiger partial charge is 0.208 e. The molecule has 1 aliphatic rings. The van der Waals surface area contributed by atoms with Crippen LogP contribution in [0.5, 0.6) is 0 Å². The minimum Gasteiger partial charge on any atom is -0.208 e. The Bertz CT molecular complexity index is 2090. The van der Waals surface area contributed by atoms with E-state index in [4.69, 9.17) is 15.0 Å². The van der Waals surface area contributed by atoms with E-state index >= 15 is 0 Å². The maximum Gasteiger partial charge on any atom is 0.164 e. The predicted octanol–water partition coefficient (Wildman–Crippen LogP) is 10.00. The molecule has 43 heavy (non-hydrogen) atoms. The van der Waals surface area contributed by atoms with Crippen LogP contribution < -0.4 is 0 Å². The van der Waals surface area contributed by atoms with Crippen molar-refractivity contribution in [1.29, 1.82) is 0 Å². The molecule has 8 rings (SSSR count). The van der Waals surface area contributed by atoms with E-state index in [1.807, 2.05) is 60.7 Å². The molecule has 0 fully saturated rings. The van der Waals surface area contributed by atoms with E-state index < -0.39 is 0 Å². The van der Waals surface area contributed by atoms with Crippen LogP contribution in [0.15, 0.2) is 140 Å². The van der Waals surface area contributed by atoms with Gasteiger partial charge in [0, 0.05) is 22.1 Å². The second-order valence-corrected chi connectivity index (χ2v) is 11.7. The minimum atomic E-state index is -0.109. The molecule has 1 aliphatic carbocycles. The van der Waals surface area contributed by atoms with Crippen molar-refractivity contribution in [2.24, 2.45) is 0 Å². The molecule has 0 spiro atoms. The lowest BCUT2D eigenvalue weighted by molar-refractivity contribution is 0.666. The zero-order chi connectivity index (χ0) is 29.0. The SMILES string of the molecule is CC1(C)c2ccccc2-c2c(-c3cccc(-c4nc(-c5ccccc5)nc(-c5ccccc5)n4)c3)cc3ccccc3c21. The number of hydrogen-bond acceptors (Lipinski definition) is 3. The molecule has 0 saturated heterocycles. The summed E-state index contributed by atoms with van der Waals surface area (Å²) in [7, 11) is 0. The molecule has 3 nitrogen and oxygen atoms in total. The standard InChI is InChI=1S/C40H29N3/c1-40(2)34-23-12-11-22-32(34)35-33(25-29-18-9-10-21-31(29)36(35)40)28-19-13-20-30(24-28)39-42-37(26-14-5-3-6-15-26)41-38(43-39)27-16-7-4-8-17-27/h3-25H,1-2H3. The fraction of sp³-hybridized carbons (Fsp3) is 0.0750. The summed E-state index contributed by atoms with van der Waals surface area (Å²) in [6.45, 7) is 4.71. The van der Waals surface area contributed by atoms with Crippen LogP contribution in [0.25, 0.3) is 67.2 Å². The number of hydrogen-bond donors (Lipinski definition) is 0. The molecule has 0 radical (unpaired) electrons. The minimum absolute atomic E-state index is 0.109. The summed E-state index contributed by atoms with van der Waals surface area (Å²) in [5.41, 5.74) is 10.6. The third kappa shape index (κ3) is 4.16. The molecule has 0 atom stereocenters.